The van der Waals surface area contributed by atoms with Crippen LogP contribution < -0.4 is 5.32 Å². The summed E-state index contributed by atoms with van der Waals surface area (Å²) in [6.07, 6.45) is 0. The molecule has 0 aromatic heterocycles. The zero-order valence-corrected chi connectivity index (χ0v) is 3.44. The lowest BCUT2D eigenvalue weighted by Gasteiger charge is -1.84. The molecular formula is C4H6N2. The number of nitrogens with one attached hydrogen (secondary N) is 1. The van der Waals surface area contributed by atoms with Crippen molar-refractivity contribution in [3.8, 4) is 0 Å². The molecule has 1 aliphatic heterocycles. The van der Waals surface area contributed by atoms with Crippen LogP contribution in [0.5, 0.6) is 0 Å². The smallest absolute Gasteiger partial charge is 0.101 e. The molecule has 0 fully saturated rings. The molecule has 0 aliphatic carbocycles. The van der Waals surface area contributed by atoms with Crippen molar-refractivity contribution in [1.29, 1.82) is 0 Å². The molecule has 0 amide bonds. The Morgan fingerprint density at radius 3 is 2.83 bits per heavy atom. The zero-order valence-electron chi connectivity index (χ0n) is 3.44. The van der Waals surface area contributed by atoms with E-state index in [1.54, 1.807) is 0 Å². The molecule has 1 N–H and O–H groups in total. The lowest BCUT2D eigenvalue weighted by molar-refractivity contribution is 0.961. The van der Waals surface area contributed by atoms with Crippen LogP contribution in [0.3, 0.4) is 0 Å². The van der Waals surface area contributed by atoms with Gasteiger partial charge in [-0.25, -0.2) is 0 Å². The van der Waals surface area contributed by atoms with Gasteiger partial charge in [-0.3, -0.25) is 4.99 Å². The molecule has 0 aromatic carbocycles. The Morgan fingerprint density at radius 1 is 1.83 bits per heavy atom. The van der Waals surface area contributed by atoms with Gasteiger partial charge in [0.05, 0.1) is 6.54 Å². The molecule has 2 nitrogen and oxygen atoms in total. The predicted molar refractivity (Wildman–Crippen MR) is 24.6 cm³/mol. The highest BCUT2D eigenvalue weighted by Gasteiger charge is 1.94. The van der Waals surface area contributed by atoms with Crippen LogP contribution in [-0.2, 0) is 0 Å². The second-order valence-corrected chi connectivity index (χ2v) is 1.19. The van der Waals surface area contributed by atoms with E-state index in [1.807, 2.05) is 0 Å². The molecule has 0 bridgehead atoms. The number of hydrogen-bond acceptors (Lipinski definition) is 2. The second-order valence-electron chi connectivity index (χ2n) is 1.19. The van der Waals surface area contributed by atoms with Crippen molar-refractivity contribution in [3.05, 3.63) is 6.92 Å². The quantitative estimate of drug-likeness (QED) is 0.426. The Balaban J connectivity index is 2.45. The Labute approximate surface area is 37.3 Å². The van der Waals surface area contributed by atoms with Crippen LogP contribution in [0.1, 0.15) is 0 Å². The molecule has 0 spiro atoms. The van der Waals surface area contributed by atoms with Crippen molar-refractivity contribution in [2.24, 2.45) is 4.99 Å². The molecule has 0 saturated heterocycles. The van der Waals surface area contributed by atoms with Gasteiger partial charge in [-0.15, -0.1) is 0 Å². The minimum absolute atomic E-state index is 0.579. The van der Waals surface area contributed by atoms with Gasteiger partial charge >= 0.3 is 0 Å². The fourth-order valence-electron chi connectivity index (χ4n) is 0.416. The Kier molecular flexibility index (Phi) is 0.783. The van der Waals surface area contributed by atoms with Crippen molar-refractivity contribution < 1.29 is 0 Å². The summed E-state index contributed by atoms with van der Waals surface area (Å²) in [4.78, 5) is 3.82. The van der Waals surface area contributed by atoms with Crippen LogP contribution >= 0.6 is 0 Å². The first-order valence-electron chi connectivity index (χ1n) is 1.93. The van der Waals surface area contributed by atoms with E-state index in [4.69, 9.17) is 6.92 Å². The van der Waals surface area contributed by atoms with E-state index >= 15 is 0 Å². The fraction of sp³-hybridized carbons (Fsp3) is 0.500. The number of hydrogen-bond donors (Lipinski definition) is 1. The van der Waals surface area contributed by atoms with E-state index in [1.165, 1.54) is 0 Å². The van der Waals surface area contributed by atoms with Crippen LogP contribution in [0.25, 0.3) is 0 Å². The van der Waals surface area contributed by atoms with E-state index in [0.717, 1.165) is 13.1 Å². The number of amidine groups is 1. The topological polar surface area (TPSA) is 24.4 Å². The van der Waals surface area contributed by atoms with E-state index in [-0.39, 0.29) is 0 Å². The molecule has 0 atom stereocenters. The average molecular weight is 82.1 g/mol. The summed E-state index contributed by atoms with van der Waals surface area (Å²) in [7, 11) is 0. The van der Waals surface area contributed by atoms with Crippen LogP contribution in [0.15, 0.2) is 4.99 Å². The summed E-state index contributed by atoms with van der Waals surface area (Å²) in [5.74, 6) is 0.579. The summed E-state index contributed by atoms with van der Waals surface area (Å²) in [5, 5.41) is 2.85. The average Bonchev–Trinajstić information content (AvgIpc) is 1.86. The molecule has 2 radical (unpaired) electrons. The highest BCUT2D eigenvalue weighted by atomic mass is 15.0. The number of rotatable bonds is 0. The maximum absolute atomic E-state index is 5.17. The van der Waals surface area contributed by atoms with Gasteiger partial charge in [-0.05, 0) is 0 Å². The van der Waals surface area contributed by atoms with Crippen LogP contribution in [-0.4, -0.2) is 18.9 Å². The minimum Gasteiger partial charge on any atom is -0.372 e. The molecule has 1 rings (SSSR count). The molecule has 32 valence electrons. The Hall–Kier alpha value is -0.530. The molecule has 1 aliphatic rings. The van der Waals surface area contributed by atoms with Crippen molar-refractivity contribution >= 4 is 5.84 Å². The van der Waals surface area contributed by atoms with E-state index in [2.05, 4.69) is 10.3 Å². The van der Waals surface area contributed by atoms with Gasteiger partial charge in [0.15, 0.2) is 0 Å². The lowest BCUT2D eigenvalue weighted by atomic mass is 10.7. The molecule has 0 aromatic rings. The van der Waals surface area contributed by atoms with Gasteiger partial charge in [0.25, 0.3) is 0 Å². The molecule has 0 unspecified atom stereocenters. The van der Waals surface area contributed by atoms with Gasteiger partial charge in [0.2, 0.25) is 0 Å². The highest BCUT2D eigenvalue weighted by molar-refractivity contribution is 5.87. The Bertz CT molecular complexity index is 75.6. The van der Waals surface area contributed by atoms with Gasteiger partial charge < -0.3 is 5.32 Å². The maximum atomic E-state index is 5.17. The lowest BCUT2D eigenvalue weighted by Crippen LogP contribution is -2.14. The fourth-order valence-corrected chi connectivity index (χ4v) is 0.416. The molecule has 6 heavy (non-hydrogen) atoms. The van der Waals surface area contributed by atoms with Crippen molar-refractivity contribution in [1.82, 2.24) is 5.32 Å². The van der Waals surface area contributed by atoms with Gasteiger partial charge in [-0.2, -0.15) is 0 Å². The molecular weight excluding hydrogens is 76.1 g/mol. The highest BCUT2D eigenvalue weighted by Crippen LogP contribution is 1.79. The first-order chi connectivity index (χ1) is 2.89. The first kappa shape index (κ1) is 3.65. The second kappa shape index (κ2) is 1.29. The SMILES string of the molecule is [CH]C1=NCCN1. The van der Waals surface area contributed by atoms with E-state index in [9.17, 15) is 0 Å². The maximum Gasteiger partial charge on any atom is 0.101 e. The summed E-state index contributed by atoms with van der Waals surface area (Å²) in [6, 6.07) is 0. The third kappa shape index (κ3) is 0.506. The molecule has 2 heteroatoms. The van der Waals surface area contributed by atoms with Crippen molar-refractivity contribution in [2.45, 2.75) is 0 Å². The minimum atomic E-state index is 0.579. The summed E-state index contributed by atoms with van der Waals surface area (Å²) in [6.45, 7) is 6.92. The van der Waals surface area contributed by atoms with Crippen LogP contribution in [0.2, 0.25) is 0 Å². The van der Waals surface area contributed by atoms with Gasteiger partial charge in [-0.1, -0.05) is 0 Å². The normalized spacial score (nSPS) is 19.8. The zero-order chi connectivity index (χ0) is 4.41. The van der Waals surface area contributed by atoms with Crippen LogP contribution in [0.4, 0.5) is 0 Å². The number of aliphatic imine (C=N–C) groups is 1. The number of nitrogens with zero attached hydrogens (tertiary/aromatic N) is 1. The van der Waals surface area contributed by atoms with Crippen molar-refractivity contribution in [3.63, 3.8) is 0 Å². The largest absolute Gasteiger partial charge is 0.372 e. The summed E-state index contributed by atoms with van der Waals surface area (Å²) < 4.78 is 0. The van der Waals surface area contributed by atoms with Gasteiger partial charge in [0.1, 0.15) is 5.84 Å². The van der Waals surface area contributed by atoms with Crippen LogP contribution in [0, 0.1) is 6.92 Å². The predicted octanol–water partition coefficient (Wildman–Crippen LogP) is -0.301. The first-order valence-corrected chi connectivity index (χ1v) is 1.93. The third-order valence-corrected chi connectivity index (χ3v) is 0.700. The van der Waals surface area contributed by atoms with E-state index in [0.29, 0.717) is 5.84 Å². The van der Waals surface area contributed by atoms with Gasteiger partial charge in [0, 0.05) is 13.5 Å². The molecule has 1 heterocycles. The monoisotopic (exact) mass is 82.1 g/mol. The molecule has 0 saturated carbocycles. The third-order valence-electron chi connectivity index (χ3n) is 0.700. The summed E-state index contributed by atoms with van der Waals surface area (Å²) in [5.41, 5.74) is 0. The standard InChI is InChI=1S/C4H6N2/c1-4-5-2-3-6-4/h1H,2-3H2,(H,5,6). The summed E-state index contributed by atoms with van der Waals surface area (Å²) >= 11 is 0. The van der Waals surface area contributed by atoms with E-state index < -0.39 is 0 Å². The Morgan fingerprint density at radius 2 is 2.67 bits per heavy atom. The van der Waals surface area contributed by atoms with Crippen molar-refractivity contribution in [2.75, 3.05) is 13.1 Å².